The van der Waals surface area contributed by atoms with E-state index in [1.165, 1.54) is 30.3 Å². The average molecular weight is 464 g/mol. The molecule has 1 atom stereocenters. The largest absolute Gasteiger partial charge is 0.573 e. The van der Waals surface area contributed by atoms with Gasteiger partial charge in [-0.1, -0.05) is 32.0 Å². The molecule has 0 unspecified atom stereocenters. The number of aliphatic hydroxyl groups is 1. The first kappa shape index (κ1) is 24.2. The molecular weight excluding hydrogens is 440 g/mol. The minimum absolute atomic E-state index is 0.0487. The molecule has 0 saturated carbocycles. The maximum absolute atomic E-state index is 14.0. The van der Waals surface area contributed by atoms with Gasteiger partial charge in [0, 0.05) is 22.9 Å². The zero-order valence-electron chi connectivity index (χ0n) is 18.2. The standard InChI is InChI=1S/C23H24F4N4O2/c1-13(2)20(12-32)30-22-29-19(15-6-4-7-16(10-15)33-23(25,26)27)11-21(31-22)28-18-9-5-8-17(24)14(18)3/h4-11,13,20,32H,12H2,1-3H3,(H2,28,29,30,31)/t20-/m1/s1. The Balaban J connectivity index is 2.03. The molecule has 1 heterocycles. The van der Waals surface area contributed by atoms with E-state index in [1.54, 1.807) is 25.1 Å². The molecule has 2 aromatic carbocycles. The quantitative estimate of drug-likeness (QED) is 0.373. The number of aromatic nitrogens is 2. The van der Waals surface area contributed by atoms with Gasteiger partial charge in [-0.15, -0.1) is 13.2 Å². The fourth-order valence-electron chi connectivity index (χ4n) is 3.05. The van der Waals surface area contributed by atoms with Crippen LogP contribution < -0.4 is 15.4 Å². The van der Waals surface area contributed by atoms with Gasteiger partial charge in [-0.3, -0.25) is 0 Å². The Morgan fingerprint density at radius 1 is 1.06 bits per heavy atom. The van der Waals surface area contributed by atoms with E-state index in [4.69, 9.17) is 0 Å². The van der Waals surface area contributed by atoms with Gasteiger partial charge < -0.3 is 20.5 Å². The van der Waals surface area contributed by atoms with Crippen molar-refractivity contribution in [1.29, 1.82) is 0 Å². The van der Waals surface area contributed by atoms with Crippen molar-refractivity contribution < 1.29 is 27.4 Å². The third-order valence-electron chi connectivity index (χ3n) is 4.94. The molecule has 0 bridgehead atoms. The minimum Gasteiger partial charge on any atom is -0.406 e. The molecule has 3 N–H and O–H groups in total. The zero-order chi connectivity index (χ0) is 24.2. The summed E-state index contributed by atoms with van der Waals surface area (Å²) in [5, 5.41) is 15.7. The van der Waals surface area contributed by atoms with E-state index < -0.39 is 12.2 Å². The summed E-state index contributed by atoms with van der Waals surface area (Å²) in [5.74, 6) is -0.297. The predicted molar refractivity (Wildman–Crippen MR) is 118 cm³/mol. The summed E-state index contributed by atoms with van der Waals surface area (Å²) >= 11 is 0. The number of aliphatic hydroxyl groups excluding tert-OH is 1. The van der Waals surface area contributed by atoms with Gasteiger partial charge in [0.1, 0.15) is 17.4 Å². The van der Waals surface area contributed by atoms with E-state index in [0.717, 1.165) is 0 Å². The number of alkyl halides is 3. The monoisotopic (exact) mass is 464 g/mol. The molecule has 6 nitrogen and oxygen atoms in total. The molecule has 0 saturated heterocycles. The number of hydrogen-bond acceptors (Lipinski definition) is 6. The van der Waals surface area contributed by atoms with Crippen molar-refractivity contribution >= 4 is 17.5 Å². The number of halogens is 4. The molecule has 0 spiro atoms. The van der Waals surface area contributed by atoms with Gasteiger partial charge in [0.05, 0.1) is 18.3 Å². The molecule has 33 heavy (non-hydrogen) atoms. The Kier molecular flexibility index (Phi) is 7.37. The molecule has 176 valence electrons. The van der Waals surface area contributed by atoms with Crippen LogP contribution in [-0.2, 0) is 0 Å². The highest BCUT2D eigenvalue weighted by Gasteiger charge is 2.31. The Bertz CT molecular complexity index is 1110. The molecular formula is C23H24F4N4O2. The van der Waals surface area contributed by atoms with Crippen LogP contribution in [0.3, 0.4) is 0 Å². The van der Waals surface area contributed by atoms with Crippen LogP contribution in [0.5, 0.6) is 5.75 Å². The second kappa shape index (κ2) is 10.0. The smallest absolute Gasteiger partial charge is 0.406 e. The molecule has 3 aromatic rings. The molecule has 0 aliphatic heterocycles. The molecule has 1 aromatic heterocycles. The van der Waals surface area contributed by atoms with Gasteiger partial charge in [0.2, 0.25) is 5.95 Å². The van der Waals surface area contributed by atoms with Crippen LogP contribution in [0.1, 0.15) is 19.4 Å². The average Bonchev–Trinajstić information content (AvgIpc) is 2.74. The molecule has 0 fully saturated rings. The van der Waals surface area contributed by atoms with E-state index in [9.17, 15) is 22.7 Å². The van der Waals surface area contributed by atoms with E-state index in [1.807, 2.05) is 13.8 Å². The summed E-state index contributed by atoms with van der Waals surface area (Å²) in [6, 6.07) is 11.1. The van der Waals surface area contributed by atoms with Crippen LogP contribution in [0.2, 0.25) is 0 Å². The lowest BCUT2D eigenvalue weighted by atomic mass is 10.1. The second-order valence-electron chi connectivity index (χ2n) is 7.75. The molecule has 0 amide bonds. The Labute approximate surface area is 188 Å². The molecule has 10 heteroatoms. The highest BCUT2D eigenvalue weighted by Crippen LogP contribution is 2.30. The number of ether oxygens (including phenoxy) is 1. The van der Waals surface area contributed by atoms with Crippen LogP contribution in [0.25, 0.3) is 11.3 Å². The van der Waals surface area contributed by atoms with Crippen LogP contribution in [0.4, 0.5) is 35.0 Å². The van der Waals surface area contributed by atoms with Crippen molar-refractivity contribution in [3.8, 4) is 17.0 Å². The maximum Gasteiger partial charge on any atom is 0.573 e. The Morgan fingerprint density at radius 2 is 1.79 bits per heavy atom. The van der Waals surface area contributed by atoms with E-state index in [0.29, 0.717) is 28.3 Å². The van der Waals surface area contributed by atoms with Crippen molar-refractivity contribution in [1.82, 2.24) is 9.97 Å². The molecule has 0 aliphatic carbocycles. The van der Waals surface area contributed by atoms with Crippen molar-refractivity contribution in [2.45, 2.75) is 33.2 Å². The first-order valence-corrected chi connectivity index (χ1v) is 10.2. The van der Waals surface area contributed by atoms with E-state index >= 15 is 0 Å². The number of nitrogens with zero attached hydrogens (tertiary/aromatic N) is 2. The maximum atomic E-state index is 14.0. The van der Waals surface area contributed by atoms with Crippen LogP contribution in [0, 0.1) is 18.7 Å². The number of benzene rings is 2. The zero-order valence-corrected chi connectivity index (χ0v) is 18.2. The molecule has 3 rings (SSSR count). The normalized spacial score (nSPS) is 12.5. The SMILES string of the molecule is Cc1c(F)cccc1Nc1cc(-c2cccc(OC(F)(F)F)c2)nc(N[C@H](CO)C(C)C)n1. The first-order valence-electron chi connectivity index (χ1n) is 10.2. The van der Waals surface area contributed by atoms with Crippen molar-refractivity contribution in [3.63, 3.8) is 0 Å². The van der Waals surface area contributed by atoms with Crippen LogP contribution >= 0.6 is 0 Å². The second-order valence-corrected chi connectivity index (χ2v) is 7.75. The summed E-state index contributed by atoms with van der Waals surface area (Å²) in [7, 11) is 0. The van der Waals surface area contributed by atoms with Crippen molar-refractivity contribution in [3.05, 3.63) is 59.9 Å². The van der Waals surface area contributed by atoms with E-state index in [2.05, 4.69) is 25.3 Å². The number of nitrogens with one attached hydrogen (secondary N) is 2. The Morgan fingerprint density at radius 3 is 2.45 bits per heavy atom. The number of rotatable bonds is 8. The van der Waals surface area contributed by atoms with Crippen LogP contribution in [0.15, 0.2) is 48.5 Å². The van der Waals surface area contributed by atoms with Gasteiger partial charge in [0.15, 0.2) is 0 Å². The lowest BCUT2D eigenvalue weighted by molar-refractivity contribution is -0.274. The fourth-order valence-corrected chi connectivity index (χ4v) is 3.05. The van der Waals surface area contributed by atoms with Gasteiger partial charge >= 0.3 is 6.36 Å². The number of anilines is 3. The summed E-state index contributed by atoms with van der Waals surface area (Å²) in [5.41, 5.74) is 1.51. The summed E-state index contributed by atoms with van der Waals surface area (Å²) in [6.45, 7) is 5.25. The highest BCUT2D eigenvalue weighted by molar-refractivity contribution is 5.69. The third kappa shape index (κ3) is 6.55. The third-order valence-corrected chi connectivity index (χ3v) is 4.94. The first-order chi connectivity index (χ1) is 15.6. The van der Waals surface area contributed by atoms with Crippen molar-refractivity contribution in [2.24, 2.45) is 5.92 Å². The molecule has 0 aliphatic rings. The summed E-state index contributed by atoms with van der Waals surface area (Å²) < 4.78 is 55.9. The fraction of sp³-hybridized carbons (Fsp3) is 0.304. The topological polar surface area (TPSA) is 79.3 Å². The lowest BCUT2D eigenvalue weighted by Gasteiger charge is -2.21. The summed E-state index contributed by atoms with van der Waals surface area (Å²) in [6.07, 6.45) is -4.83. The summed E-state index contributed by atoms with van der Waals surface area (Å²) in [4.78, 5) is 8.81. The van der Waals surface area contributed by atoms with Crippen LogP contribution in [-0.4, -0.2) is 34.1 Å². The minimum atomic E-state index is -4.83. The van der Waals surface area contributed by atoms with Gasteiger partial charge in [0.25, 0.3) is 0 Å². The van der Waals surface area contributed by atoms with Gasteiger partial charge in [-0.25, -0.2) is 9.37 Å². The number of hydrogen-bond donors (Lipinski definition) is 3. The predicted octanol–water partition coefficient (Wildman–Crippen LogP) is 5.66. The molecule has 0 radical (unpaired) electrons. The lowest BCUT2D eigenvalue weighted by Crippen LogP contribution is -2.30. The Hall–Kier alpha value is -3.40. The van der Waals surface area contributed by atoms with E-state index in [-0.39, 0.29) is 30.3 Å². The van der Waals surface area contributed by atoms with Gasteiger partial charge in [-0.2, -0.15) is 4.98 Å². The highest BCUT2D eigenvalue weighted by atomic mass is 19.4. The van der Waals surface area contributed by atoms with Gasteiger partial charge in [-0.05, 0) is 37.1 Å². The van der Waals surface area contributed by atoms with Crippen molar-refractivity contribution in [2.75, 3.05) is 17.2 Å².